The van der Waals surface area contributed by atoms with Crippen molar-refractivity contribution in [1.29, 1.82) is 0 Å². The Balaban J connectivity index is 0.000000263. The number of rotatable bonds is 13. The van der Waals surface area contributed by atoms with Gasteiger partial charge in [-0.1, -0.05) is 79.8 Å². The van der Waals surface area contributed by atoms with Gasteiger partial charge in [0.2, 0.25) is 5.91 Å². The van der Waals surface area contributed by atoms with Crippen molar-refractivity contribution in [3.63, 3.8) is 0 Å². The zero-order chi connectivity index (χ0) is 50.0. The first kappa shape index (κ1) is 52.6. The molecule has 0 aromatic heterocycles. The van der Waals surface area contributed by atoms with Crippen LogP contribution in [0.4, 0.5) is 37.7 Å². The van der Waals surface area contributed by atoms with Crippen LogP contribution in [-0.2, 0) is 36.5 Å². The number of halogens is 6. The Bertz CT molecular complexity index is 3000. The van der Waals surface area contributed by atoms with E-state index < -0.39 is 45.3 Å². The van der Waals surface area contributed by atoms with Gasteiger partial charge >= 0.3 is 12.4 Å². The van der Waals surface area contributed by atoms with Crippen molar-refractivity contribution >= 4 is 51.2 Å². The molecule has 6 rings (SSSR count). The van der Waals surface area contributed by atoms with Crippen LogP contribution in [0.2, 0.25) is 0 Å². The van der Waals surface area contributed by atoms with Crippen molar-refractivity contribution in [2.24, 2.45) is 5.90 Å². The molecule has 5 N–H and O–H groups in total. The minimum Gasteiger partial charge on any atom is -0.321 e. The van der Waals surface area contributed by atoms with Crippen LogP contribution in [0.15, 0.2) is 155 Å². The molecule has 356 valence electrons. The second-order valence-corrected chi connectivity index (χ2v) is 16.8. The fourth-order valence-corrected chi connectivity index (χ4v) is 7.56. The number of alkyl halides is 6. The molecule has 0 heterocycles. The summed E-state index contributed by atoms with van der Waals surface area (Å²) in [6.07, 6.45) is -6.56. The molecule has 0 saturated carbocycles. The topological polar surface area (TPSA) is 166 Å². The second-order valence-electron chi connectivity index (χ2n) is 14.4. The summed E-state index contributed by atoms with van der Waals surface area (Å²) in [4.78, 5) is 41.7. The Morgan fingerprint density at radius 2 is 1.06 bits per heavy atom. The fraction of sp³-hybridized carbons (Fsp3) is 0.140. The number of nitrogens with two attached hydrogens (primary N) is 1. The lowest BCUT2D eigenvalue weighted by Gasteiger charge is -2.12. The summed E-state index contributed by atoms with van der Waals surface area (Å²) in [7, 11) is -4.21. The first-order chi connectivity index (χ1) is 32.9. The molecular weight excluding hydrogens is 947 g/mol. The molecule has 6 aromatic rings. The van der Waals surface area contributed by atoms with Crippen LogP contribution >= 0.6 is 12.0 Å². The summed E-state index contributed by atoms with van der Waals surface area (Å²) in [5, 5.41) is 5.30. The smallest absolute Gasteiger partial charge is 0.321 e. The van der Waals surface area contributed by atoms with Crippen LogP contribution in [-0.4, -0.2) is 26.1 Å². The SMILES string of the molecule is CCCCCC(=O)NS(=O)(=O)c1ccccc1NC(=O)c1ccc(C#Cc2cccc(C(F)(F)F)c2)cc1.NOOSc1ccccc1NC(=O)c1ccc(C#Cc2cccc(C(F)(F)F)c2)cc1. The predicted octanol–water partition coefficient (Wildman–Crippen LogP) is 10.9. The van der Waals surface area contributed by atoms with Crippen LogP contribution in [0.25, 0.3) is 0 Å². The Morgan fingerprint density at radius 1 is 0.594 bits per heavy atom. The first-order valence-electron chi connectivity index (χ1n) is 20.5. The molecule has 0 bridgehead atoms. The molecule has 0 spiro atoms. The third-order valence-corrected chi connectivity index (χ3v) is 11.5. The van der Waals surface area contributed by atoms with Gasteiger partial charge in [-0.25, -0.2) is 13.1 Å². The molecule has 0 aliphatic carbocycles. The summed E-state index contributed by atoms with van der Waals surface area (Å²) < 4.78 is 109. The van der Waals surface area contributed by atoms with Crippen molar-refractivity contribution in [2.75, 3.05) is 10.6 Å². The van der Waals surface area contributed by atoms with Crippen LogP contribution in [0.3, 0.4) is 0 Å². The van der Waals surface area contributed by atoms with Gasteiger partial charge in [-0.15, -0.1) is 9.32 Å². The zero-order valence-corrected chi connectivity index (χ0v) is 37.8. The highest BCUT2D eigenvalue weighted by Gasteiger charge is 2.31. The van der Waals surface area contributed by atoms with E-state index in [9.17, 15) is 49.1 Å². The maximum absolute atomic E-state index is 12.9. The summed E-state index contributed by atoms with van der Waals surface area (Å²) in [6, 6.07) is 34.4. The Labute approximate surface area is 398 Å². The van der Waals surface area contributed by atoms with Gasteiger partial charge in [0, 0.05) is 39.8 Å². The molecule has 0 aliphatic rings. The van der Waals surface area contributed by atoms with E-state index in [2.05, 4.69) is 43.6 Å². The van der Waals surface area contributed by atoms with E-state index in [1.807, 2.05) is 11.6 Å². The van der Waals surface area contributed by atoms with Crippen molar-refractivity contribution < 1.29 is 58.5 Å². The molecule has 0 aliphatic heterocycles. The maximum Gasteiger partial charge on any atom is 0.416 e. The van der Waals surface area contributed by atoms with Gasteiger partial charge in [-0.3, -0.25) is 14.4 Å². The monoisotopic (exact) mass is 986 g/mol. The molecule has 19 heteroatoms. The Kier molecular flexibility index (Phi) is 18.7. The Hall–Kier alpha value is -7.39. The molecular formula is C50H40F6N4O7S2. The lowest BCUT2D eigenvalue weighted by molar-refractivity contribution is -0.195. The largest absolute Gasteiger partial charge is 0.416 e. The highest BCUT2D eigenvalue weighted by Crippen LogP contribution is 2.31. The van der Waals surface area contributed by atoms with Crippen molar-refractivity contribution in [2.45, 2.75) is 54.8 Å². The number of amides is 3. The second kappa shape index (κ2) is 24.6. The van der Waals surface area contributed by atoms with E-state index >= 15 is 0 Å². The molecule has 3 amide bonds. The van der Waals surface area contributed by atoms with Crippen molar-refractivity contribution in [1.82, 2.24) is 4.72 Å². The summed E-state index contributed by atoms with van der Waals surface area (Å²) in [5.74, 6) is 14.2. The maximum atomic E-state index is 12.9. The van der Waals surface area contributed by atoms with Crippen LogP contribution in [0.1, 0.15) is 86.7 Å². The van der Waals surface area contributed by atoms with E-state index in [0.717, 1.165) is 49.1 Å². The number of nitrogens with one attached hydrogen (secondary N) is 3. The summed E-state index contributed by atoms with van der Waals surface area (Å²) >= 11 is 0.843. The number of benzene rings is 6. The van der Waals surface area contributed by atoms with Gasteiger partial charge in [0.25, 0.3) is 21.8 Å². The standard InChI is InChI=1S/C28H25F3N2O4S.C22H15F3N2O3S/c1-2-3-4-12-26(34)33-38(36,37)25-11-6-5-10-24(25)32-27(35)22-17-15-20(16-18-22)13-14-21-8-7-9-23(19-21)28(29,30)31;23-22(24,25)18-5-3-4-16(14-18)9-8-15-10-12-17(13-11-15)21(28)27-19-6-1-2-7-20(19)31-30-29-26/h5-11,15-19H,2-4,12H2,1H3,(H,32,35)(H,33,34);1-7,10-14H,26H2,(H,27,28). The lowest BCUT2D eigenvalue weighted by atomic mass is 10.1. The minimum atomic E-state index is -4.47. The van der Waals surface area contributed by atoms with Crippen LogP contribution < -0.4 is 21.3 Å². The average Bonchev–Trinajstić information content (AvgIpc) is 3.32. The molecule has 6 aromatic carbocycles. The number of hydrogen-bond acceptors (Lipinski definition) is 9. The first-order valence-corrected chi connectivity index (χ1v) is 22.7. The fourth-order valence-electron chi connectivity index (χ4n) is 5.93. The van der Waals surface area contributed by atoms with Gasteiger partial charge in [-0.2, -0.15) is 32.2 Å². The number of hydrogen-bond donors (Lipinski definition) is 4. The number of carbonyl (C=O) groups is 3. The quantitative estimate of drug-likeness (QED) is 0.0220. The number of unbranched alkanes of at least 4 members (excludes halogenated alkanes) is 2. The molecule has 0 radical (unpaired) electrons. The van der Waals surface area contributed by atoms with E-state index in [1.165, 1.54) is 66.7 Å². The minimum absolute atomic E-state index is 0.000210. The zero-order valence-electron chi connectivity index (χ0n) is 36.2. The third kappa shape index (κ3) is 16.4. The number of carbonyl (C=O) groups excluding carboxylic acids is 3. The molecule has 0 fully saturated rings. The number of anilines is 2. The molecule has 0 unspecified atom stereocenters. The third-order valence-electron chi connectivity index (χ3n) is 9.36. The van der Waals surface area contributed by atoms with E-state index in [0.29, 0.717) is 33.7 Å². The predicted molar refractivity (Wildman–Crippen MR) is 248 cm³/mol. The van der Waals surface area contributed by atoms with Crippen LogP contribution in [0.5, 0.6) is 0 Å². The van der Waals surface area contributed by atoms with Gasteiger partial charge in [0.1, 0.15) is 4.90 Å². The highest BCUT2D eigenvalue weighted by molar-refractivity contribution is 7.94. The van der Waals surface area contributed by atoms with Crippen molar-refractivity contribution in [3.05, 3.63) is 190 Å². The van der Waals surface area contributed by atoms with E-state index in [4.69, 9.17) is 5.90 Å². The van der Waals surface area contributed by atoms with Gasteiger partial charge in [0.15, 0.2) is 0 Å². The van der Waals surface area contributed by atoms with Crippen molar-refractivity contribution in [3.8, 4) is 23.7 Å². The normalized spacial score (nSPS) is 11.1. The van der Waals surface area contributed by atoms with E-state index in [-0.39, 0.29) is 39.6 Å². The molecule has 69 heavy (non-hydrogen) atoms. The average molecular weight is 987 g/mol. The molecule has 0 atom stereocenters. The summed E-state index contributed by atoms with van der Waals surface area (Å²) in [6.45, 7) is 1.97. The Morgan fingerprint density at radius 3 is 1.55 bits per heavy atom. The van der Waals surface area contributed by atoms with Crippen LogP contribution in [0, 0.1) is 23.7 Å². The summed E-state index contributed by atoms with van der Waals surface area (Å²) in [5.41, 5.74) is 0.980. The number of para-hydroxylation sites is 2. The lowest BCUT2D eigenvalue weighted by Crippen LogP contribution is -2.31. The highest BCUT2D eigenvalue weighted by atomic mass is 32.2. The van der Waals surface area contributed by atoms with Gasteiger partial charge < -0.3 is 10.6 Å². The number of sulfonamides is 1. The van der Waals surface area contributed by atoms with Gasteiger partial charge in [0.05, 0.1) is 39.4 Å². The van der Waals surface area contributed by atoms with Gasteiger partial charge in [-0.05, 0) is 116 Å². The molecule has 0 saturated heterocycles. The van der Waals surface area contributed by atoms with E-state index in [1.54, 1.807) is 54.6 Å². The molecule has 11 nitrogen and oxygen atoms in total.